The van der Waals surface area contributed by atoms with Gasteiger partial charge in [-0.3, -0.25) is 4.68 Å². The van der Waals surface area contributed by atoms with Crippen molar-refractivity contribution in [3.8, 4) is 5.75 Å². The first-order chi connectivity index (χ1) is 9.58. The first-order valence-electron chi connectivity index (χ1n) is 7.50. The van der Waals surface area contributed by atoms with E-state index in [-0.39, 0.29) is 0 Å². The van der Waals surface area contributed by atoms with E-state index in [4.69, 9.17) is 4.74 Å². The highest BCUT2D eigenvalue weighted by atomic mass is 16.5. The lowest BCUT2D eigenvalue weighted by atomic mass is 9.93. The van der Waals surface area contributed by atoms with Crippen LogP contribution in [-0.2, 0) is 6.54 Å². The van der Waals surface area contributed by atoms with Crippen molar-refractivity contribution in [3.63, 3.8) is 0 Å². The van der Waals surface area contributed by atoms with Crippen LogP contribution in [0, 0.1) is 11.8 Å². The molecule has 1 aliphatic carbocycles. The number of nitrogens with one attached hydrogen (secondary N) is 1. The monoisotopic (exact) mass is 280 g/mol. The summed E-state index contributed by atoms with van der Waals surface area (Å²) in [5.41, 5.74) is 1.19. The van der Waals surface area contributed by atoms with Gasteiger partial charge in [-0.1, -0.05) is 6.92 Å². The summed E-state index contributed by atoms with van der Waals surface area (Å²) in [6.07, 6.45) is 4.55. The molecule has 20 heavy (non-hydrogen) atoms. The molecule has 1 heterocycles. The van der Waals surface area contributed by atoms with Gasteiger partial charge in [0.05, 0.1) is 31.6 Å². The van der Waals surface area contributed by atoms with Crippen molar-refractivity contribution < 1.29 is 4.74 Å². The van der Waals surface area contributed by atoms with E-state index in [1.165, 1.54) is 18.5 Å². The molecule has 0 spiro atoms. The topological polar surface area (TPSA) is 42.3 Å². The summed E-state index contributed by atoms with van der Waals surface area (Å²) < 4.78 is 7.63. The Morgan fingerprint density at radius 2 is 2.20 bits per heavy atom. The van der Waals surface area contributed by atoms with Gasteiger partial charge in [0, 0.05) is 6.54 Å². The Morgan fingerprint density at radius 1 is 1.50 bits per heavy atom. The molecule has 1 fully saturated rings. The zero-order valence-corrected chi connectivity index (χ0v) is 13.4. The predicted molar refractivity (Wildman–Crippen MR) is 81.0 cm³/mol. The molecule has 1 aromatic rings. The molecule has 5 heteroatoms. The smallest absolute Gasteiger partial charge is 0.161 e. The second kappa shape index (κ2) is 6.59. The standard InChI is InChI=1S/C15H28N4O/c1-11(12-6-7-12)14(16-2)15-13(20-5)10-17-19(15)9-8-18(3)4/h10-12,14,16H,6-9H2,1-5H3. The maximum atomic E-state index is 5.53. The van der Waals surface area contributed by atoms with Crippen molar-refractivity contribution in [2.45, 2.75) is 32.4 Å². The van der Waals surface area contributed by atoms with Crippen LogP contribution in [0.25, 0.3) is 0 Å². The highest BCUT2D eigenvalue weighted by Gasteiger charge is 2.36. The van der Waals surface area contributed by atoms with Crippen molar-refractivity contribution in [1.29, 1.82) is 0 Å². The van der Waals surface area contributed by atoms with Gasteiger partial charge in [0.15, 0.2) is 5.75 Å². The Morgan fingerprint density at radius 3 is 2.70 bits per heavy atom. The van der Waals surface area contributed by atoms with Gasteiger partial charge < -0.3 is 15.0 Å². The number of aromatic nitrogens is 2. The van der Waals surface area contributed by atoms with Crippen molar-refractivity contribution in [3.05, 3.63) is 11.9 Å². The number of rotatable bonds is 8. The van der Waals surface area contributed by atoms with E-state index in [9.17, 15) is 0 Å². The molecular formula is C15H28N4O. The third kappa shape index (κ3) is 3.33. The minimum atomic E-state index is 0.308. The Kier molecular flexibility index (Phi) is 5.05. The van der Waals surface area contributed by atoms with Crippen LogP contribution in [0.4, 0.5) is 0 Å². The number of ether oxygens (including phenoxy) is 1. The molecule has 0 radical (unpaired) electrons. The van der Waals surface area contributed by atoms with Crippen molar-refractivity contribution in [2.75, 3.05) is 34.8 Å². The molecule has 0 saturated heterocycles. The molecule has 5 nitrogen and oxygen atoms in total. The van der Waals surface area contributed by atoms with Crippen molar-refractivity contribution in [1.82, 2.24) is 20.0 Å². The Balaban J connectivity index is 2.23. The van der Waals surface area contributed by atoms with Gasteiger partial charge in [-0.05, 0) is 45.8 Å². The summed E-state index contributed by atoms with van der Waals surface area (Å²) in [5.74, 6) is 2.36. The molecular weight excluding hydrogens is 252 g/mol. The fraction of sp³-hybridized carbons (Fsp3) is 0.800. The maximum absolute atomic E-state index is 5.53. The van der Waals surface area contributed by atoms with Gasteiger partial charge >= 0.3 is 0 Å². The Hall–Kier alpha value is -1.07. The molecule has 1 aromatic heterocycles. The summed E-state index contributed by atoms with van der Waals surface area (Å²) in [7, 11) is 7.93. The van der Waals surface area contributed by atoms with Gasteiger partial charge in [0.2, 0.25) is 0 Å². The molecule has 1 N–H and O–H groups in total. The number of likely N-dealkylation sites (N-methyl/N-ethyl adjacent to an activating group) is 1. The van der Waals surface area contributed by atoms with Gasteiger partial charge in [0.1, 0.15) is 0 Å². The van der Waals surface area contributed by atoms with E-state index in [1.807, 2.05) is 13.2 Å². The fourth-order valence-corrected chi connectivity index (χ4v) is 2.86. The zero-order chi connectivity index (χ0) is 14.7. The third-order valence-corrected chi connectivity index (χ3v) is 4.32. The van der Waals surface area contributed by atoms with Crippen LogP contribution in [0.3, 0.4) is 0 Å². The molecule has 2 rings (SSSR count). The van der Waals surface area contributed by atoms with Crippen LogP contribution in [0.5, 0.6) is 5.75 Å². The Labute approximate surface area is 122 Å². The van der Waals surface area contributed by atoms with E-state index in [0.29, 0.717) is 12.0 Å². The van der Waals surface area contributed by atoms with Gasteiger partial charge in [-0.2, -0.15) is 5.10 Å². The second-order valence-corrected chi connectivity index (χ2v) is 6.09. The van der Waals surface area contributed by atoms with Crippen molar-refractivity contribution >= 4 is 0 Å². The highest BCUT2D eigenvalue weighted by molar-refractivity contribution is 5.29. The normalized spacial score (nSPS) is 18.3. The molecule has 114 valence electrons. The van der Waals surface area contributed by atoms with Crippen LogP contribution in [0.2, 0.25) is 0 Å². The predicted octanol–water partition coefficient (Wildman–Crippen LogP) is 1.76. The molecule has 0 aromatic carbocycles. The first-order valence-corrected chi connectivity index (χ1v) is 7.50. The maximum Gasteiger partial charge on any atom is 0.161 e. The van der Waals surface area contributed by atoms with Crippen LogP contribution in [0.15, 0.2) is 6.20 Å². The second-order valence-electron chi connectivity index (χ2n) is 6.09. The molecule has 1 aliphatic rings. The first kappa shape index (κ1) is 15.3. The number of nitrogens with zero attached hydrogens (tertiary/aromatic N) is 3. The SMILES string of the molecule is CNC(c1c(OC)cnn1CCN(C)C)C(C)C1CC1. The van der Waals surface area contributed by atoms with Gasteiger partial charge in [-0.25, -0.2) is 0 Å². The van der Waals surface area contributed by atoms with Crippen LogP contribution < -0.4 is 10.1 Å². The lowest BCUT2D eigenvalue weighted by molar-refractivity contribution is 0.315. The van der Waals surface area contributed by atoms with Crippen molar-refractivity contribution in [2.24, 2.45) is 11.8 Å². The minimum absolute atomic E-state index is 0.308. The van der Waals surface area contributed by atoms with Gasteiger partial charge in [-0.15, -0.1) is 0 Å². The minimum Gasteiger partial charge on any atom is -0.493 e. The number of methoxy groups -OCH3 is 1. The van der Waals surface area contributed by atoms with E-state index >= 15 is 0 Å². The fourth-order valence-electron chi connectivity index (χ4n) is 2.86. The quantitative estimate of drug-likeness (QED) is 0.788. The molecule has 2 atom stereocenters. The summed E-state index contributed by atoms with van der Waals surface area (Å²) in [4.78, 5) is 2.18. The zero-order valence-electron chi connectivity index (χ0n) is 13.4. The van der Waals surface area contributed by atoms with Crippen LogP contribution >= 0.6 is 0 Å². The molecule has 1 saturated carbocycles. The largest absolute Gasteiger partial charge is 0.493 e. The number of hydrogen-bond donors (Lipinski definition) is 1. The highest BCUT2D eigenvalue weighted by Crippen LogP contribution is 2.44. The molecule has 0 bridgehead atoms. The summed E-state index contributed by atoms with van der Waals surface area (Å²) >= 11 is 0. The lowest BCUT2D eigenvalue weighted by Crippen LogP contribution is -2.29. The number of hydrogen-bond acceptors (Lipinski definition) is 4. The van der Waals surface area contributed by atoms with E-state index in [0.717, 1.165) is 24.8 Å². The molecule has 0 amide bonds. The van der Waals surface area contributed by atoms with Crippen LogP contribution in [0.1, 0.15) is 31.5 Å². The van der Waals surface area contributed by atoms with E-state index < -0.39 is 0 Å². The lowest BCUT2D eigenvalue weighted by Gasteiger charge is -2.25. The summed E-state index contributed by atoms with van der Waals surface area (Å²) in [6.45, 7) is 4.20. The molecule has 0 aliphatic heterocycles. The van der Waals surface area contributed by atoms with E-state index in [2.05, 4.69) is 41.0 Å². The average molecular weight is 280 g/mol. The van der Waals surface area contributed by atoms with Gasteiger partial charge in [0.25, 0.3) is 0 Å². The van der Waals surface area contributed by atoms with Crippen LogP contribution in [-0.4, -0.2) is 49.5 Å². The summed E-state index contributed by atoms with van der Waals surface area (Å²) in [6, 6.07) is 0.308. The summed E-state index contributed by atoms with van der Waals surface area (Å²) in [5, 5.41) is 7.99. The molecule has 2 unspecified atom stereocenters. The van der Waals surface area contributed by atoms with E-state index in [1.54, 1.807) is 7.11 Å². The Bertz CT molecular complexity index is 426. The third-order valence-electron chi connectivity index (χ3n) is 4.32. The average Bonchev–Trinajstić information content (AvgIpc) is 3.19.